The first-order chi connectivity index (χ1) is 10.7. The zero-order valence-corrected chi connectivity index (χ0v) is 12.2. The fourth-order valence-corrected chi connectivity index (χ4v) is 2.61. The number of nitrogens with zero attached hydrogens (tertiary/aromatic N) is 3. The third kappa shape index (κ3) is 2.95. The van der Waals surface area contributed by atoms with Gasteiger partial charge in [-0.2, -0.15) is 4.39 Å². The van der Waals surface area contributed by atoms with Crippen molar-refractivity contribution in [3.8, 4) is 0 Å². The summed E-state index contributed by atoms with van der Waals surface area (Å²) in [5.74, 6) is 0.320. The van der Waals surface area contributed by atoms with Crippen molar-refractivity contribution >= 4 is 11.9 Å². The van der Waals surface area contributed by atoms with Gasteiger partial charge in [0, 0.05) is 19.3 Å². The number of nitrogens with one attached hydrogen (secondary N) is 1. The Labute approximate surface area is 127 Å². The molecule has 2 aliphatic rings. The first kappa shape index (κ1) is 14.6. The van der Waals surface area contributed by atoms with Crippen LogP contribution in [-0.4, -0.2) is 36.1 Å². The van der Waals surface area contributed by atoms with Gasteiger partial charge in [-0.25, -0.2) is 9.97 Å². The summed E-state index contributed by atoms with van der Waals surface area (Å²) in [5, 5.41) is 2.75. The lowest BCUT2D eigenvalue weighted by Gasteiger charge is -2.30. The molecular formula is C14H17FN4O3. The molecule has 1 aromatic rings. The van der Waals surface area contributed by atoms with Crippen LogP contribution in [0.25, 0.3) is 0 Å². The fraction of sp³-hybridized carbons (Fsp3) is 0.500. The normalized spacial score (nSPS) is 21.8. The topological polar surface area (TPSA) is 76.6 Å². The highest BCUT2D eigenvalue weighted by Crippen LogP contribution is 2.25. The van der Waals surface area contributed by atoms with E-state index < -0.39 is 12.2 Å². The molecule has 118 valence electrons. The molecule has 7 nitrogen and oxygen atoms in total. The molecule has 0 radical (unpaired) electrons. The highest BCUT2D eigenvalue weighted by atomic mass is 19.1. The smallest absolute Gasteiger partial charge is 0.308 e. The number of halogens is 1. The molecular weight excluding hydrogens is 291 g/mol. The van der Waals surface area contributed by atoms with E-state index in [1.54, 1.807) is 12.3 Å². The van der Waals surface area contributed by atoms with Gasteiger partial charge in [-0.15, -0.1) is 0 Å². The van der Waals surface area contributed by atoms with Crippen LogP contribution in [0.4, 0.5) is 10.3 Å². The van der Waals surface area contributed by atoms with Gasteiger partial charge < -0.3 is 19.7 Å². The average Bonchev–Trinajstić information content (AvgIpc) is 3.01. The molecule has 0 aliphatic carbocycles. The molecule has 0 saturated carbocycles. The molecule has 1 atom stereocenters. The number of aromatic nitrogens is 2. The van der Waals surface area contributed by atoms with Crippen molar-refractivity contribution in [1.82, 2.24) is 15.3 Å². The lowest BCUT2D eigenvalue weighted by Crippen LogP contribution is -2.37. The van der Waals surface area contributed by atoms with Gasteiger partial charge in [0.1, 0.15) is 5.69 Å². The van der Waals surface area contributed by atoms with Crippen LogP contribution in [0.5, 0.6) is 0 Å². The van der Waals surface area contributed by atoms with Gasteiger partial charge >= 0.3 is 5.97 Å². The van der Waals surface area contributed by atoms with Crippen LogP contribution in [0.1, 0.15) is 24.8 Å². The molecule has 8 heteroatoms. The third-order valence-electron chi connectivity index (χ3n) is 3.82. The number of esters is 1. The lowest BCUT2D eigenvalue weighted by molar-refractivity contribution is -0.146. The van der Waals surface area contributed by atoms with E-state index in [4.69, 9.17) is 9.47 Å². The van der Waals surface area contributed by atoms with Crippen LogP contribution in [0, 0.1) is 5.92 Å². The van der Waals surface area contributed by atoms with E-state index in [9.17, 15) is 9.18 Å². The van der Waals surface area contributed by atoms with E-state index in [0.717, 1.165) is 6.20 Å². The molecule has 1 N–H and O–H groups in total. The number of carbonyl (C=O) groups excluding carboxylic acids is 1. The van der Waals surface area contributed by atoms with E-state index in [1.165, 1.54) is 7.11 Å². The number of hydrogen-bond donors (Lipinski definition) is 1. The standard InChI is InChI=1S/C14H17FN4O3/c1-21-13(20)9-3-6-19(7-4-9)14-16-5-2-10(18-14)12-17-8-11(15)22-12/h2,5,8-9,12,17H,3-4,6-7H2,1H3. The number of hydrogen-bond acceptors (Lipinski definition) is 7. The van der Waals surface area contributed by atoms with Crippen LogP contribution in [0.3, 0.4) is 0 Å². The van der Waals surface area contributed by atoms with Crippen molar-refractivity contribution < 1.29 is 18.7 Å². The van der Waals surface area contributed by atoms with Crippen LogP contribution in [-0.2, 0) is 14.3 Å². The molecule has 0 bridgehead atoms. The highest BCUT2D eigenvalue weighted by molar-refractivity contribution is 5.72. The second-order valence-corrected chi connectivity index (χ2v) is 5.18. The van der Waals surface area contributed by atoms with Gasteiger partial charge in [0.15, 0.2) is 0 Å². The summed E-state index contributed by atoms with van der Waals surface area (Å²) in [4.78, 5) is 22.2. The zero-order chi connectivity index (χ0) is 15.5. The number of methoxy groups -OCH3 is 1. The van der Waals surface area contributed by atoms with E-state index in [-0.39, 0.29) is 11.9 Å². The minimum Gasteiger partial charge on any atom is -0.469 e. The second kappa shape index (κ2) is 6.17. The Balaban J connectivity index is 1.65. The largest absolute Gasteiger partial charge is 0.469 e. The Morgan fingerprint density at radius 2 is 2.27 bits per heavy atom. The van der Waals surface area contributed by atoms with Crippen LogP contribution in [0.2, 0.25) is 0 Å². The maximum atomic E-state index is 12.9. The Bertz CT molecular complexity index is 587. The first-order valence-electron chi connectivity index (χ1n) is 7.11. The van der Waals surface area contributed by atoms with Gasteiger partial charge in [-0.05, 0) is 18.9 Å². The molecule has 2 aliphatic heterocycles. The number of rotatable bonds is 3. The lowest BCUT2D eigenvalue weighted by atomic mass is 9.97. The fourth-order valence-electron chi connectivity index (χ4n) is 2.61. The molecule has 0 amide bonds. The van der Waals surface area contributed by atoms with Crippen molar-refractivity contribution in [3.05, 3.63) is 30.2 Å². The van der Waals surface area contributed by atoms with Gasteiger partial charge in [0.05, 0.1) is 19.2 Å². The van der Waals surface area contributed by atoms with Crippen molar-refractivity contribution in [2.75, 3.05) is 25.1 Å². The van der Waals surface area contributed by atoms with Gasteiger partial charge in [-0.1, -0.05) is 0 Å². The van der Waals surface area contributed by atoms with E-state index in [2.05, 4.69) is 15.3 Å². The summed E-state index contributed by atoms with van der Waals surface area (Å²) in [7, 11) is 1.41. The minimum atomic E-state index is -0.663. The summed E-state index contributed by atoms with van der Waals surface area (Å²) in [6, 6.07) is 1.01. The minimum absolute atomic E-state index is 0.0671. The first-order valence-corrected chi connectivity index (χ1v) is 7.11. The molecule has 0 spiro atoms. The Kier molecular flexibility index (Phi) is 4.08. The van der Waals surface area contributed by atoms with Crippen molar-refractivity contribution in [3.63, 3.8) is 0 Å². The maximum absolute atomic E-state index is 12.9. The van der Waals surface area contributed by atoms with Crippen molar-refractivity contribution in [2.24, 2.45) is 5.92 Å². The van der Waals surface area contributed by atoms with Crippen LogP contribution >= 0.6 is 0 Å². The summed E-state index contributed by atoms with van der Waals surface area (Å²) in [6.45, 7) is 1.35. The predicted molar refractivity (Wildman–Crippen MR) is 75.1 cm³/mol. The molecule has 1 fully saturated rings. The number of carbonyl (C=O) groups is 1. The number of anilines is 1. The zero-order valence-electron chi connectivity index (χ0n) is 12.2. The number of ether oxygens (including phenoxy) is 2. The average molecular weight is 308 g/mol. The molecule has 22 heavy (non-hydrogen) atoms. The van der Waals surface area contributed by atoms with Gasteiger partial charge in [0.25, 0.3) is 6.01 Å². The van der Waals surface area contributed by atoms with Crippen LogP contribution in [0.15, 0.2) is 24.5 Å². The predicted octanol–water partition coefficient (Wildman–Crippen LogP) is 1.25. The highest BCUT2D eigenvalue weighted by Gasteiger charge is 2.27. The van der Waals surface area contributed by atoms with Gasteiger partial charge in [0.2, 0.25) is 12.2 Å². The van der Waals surface area contributed by atoms with E-state index in [1.807, 2.05) is 4.90 Å². The molecule has 1 saturated heterocycles. The maximum Gasteiger partial charge on any atom is 0.308 e. The van der Waals surface area contributed by atoms with E-state index >= 15 is 0 Å². The van der Waals surface area contributed by atoms with Crippen LogP contribution < -0.4 is 10.2 Å². The van der Waals surface area contributed by atoms with Crippen molar-refractivity contribution in [2.45, 2.75) is 19.1 Å². The summed E-state index contributed by atoms with van der Waals surface area (Å²) >= 11 is 0. The molecule has 1 aromatic heterocycles. The Morgan fingerprint density at radius 1 is 1.50 bits per heavy atom. The molecule has 3 heterocycles. The molecule has 0 aromatic carbocycles. The van der Waals surface area contributed by atoms with E-state index in [0.29, 0.717) is 37.6 Å². The molecule has 1 unspecified atom stereocenters. The Hall–Kier alpha value is -2.38. The van der Waals surface area contributed by atoms with Gasteiger partial charge in [-0.3, -0.25) is 4.79 Å². The summed E-state index contributed by atoms with van der Waals surface area (Å²) in [5.41, 5.74) is 0.559. The summed E-state index contributed by atoms with van der Waals surface area (Å²) < 4.78 is 22.7. The monoisotopic (exact) mass is 308 g/mol. The number of piperidine rings is 1. The second-order valence-electron chi connectivity index (χ2n) is 5.18. The molecule has 3 rings (SSSR count). The summed E-state index contributed by atoms with van der Waals surface area (Å²) in [6.07, 6.45) is 3.55. The quantitative estimate of drug-likeness (QED) is 0.842. The SMILES string of the molecule is COC(=O)C1CCN(c2nccc(C3NC=C(F)O3)n2)CC1. The third-order valence-corrected chi connectivity index (χ3v) is 3.82. The Morgan fingerprint density at radius 3 is 2.91 bits per heavy atom. The van der Waals surface area contributed by atoms with Crippen molar-refractivity contribution in [1.29, 1.82) is 0 Å².